The first-order chi connectivity index (χ1) is 13.9. The molecule has 2 aliphatic rings. The van der Waals surface area contributed by atoms with Crippen LogP contribution in [0.4, 0.5) is 5.82 Å². The quantitative estimate of drug-likeness (QED) is 0.598. The third kappa shape index (κ3) is 3.91. The van der Waals surface area contributed by atoms with E-state index in [1.807, 2.05) is 49.3 Å². The van der Waals surface area contributed by atoms with Gasteiger partial charge in [-0.05, 0) is 41.7 Å². The van der Waals surface area contributed by atoms with Gasteiger partial charge >= 0.3 is 5.91 Å². The second-order valence-corrected chi connectivity index (χ2v) is 8.06. The Morgan fingerprint density at radius 3 is 2.66 bits per heavy atom. The van der Waals surface area contributed by atoms with E-state index in [2.05, 4.69) is 23.2 Å². The molecule has 0 fully saturated rings. The van der Waals surface area contributed by atoms with Crippen molar-refractivity contribution in [1.82, 2.24) is 14.4 Å². The zero-order valence-electron chi connectivity index (χ0n) is 17.0. The maximum Gasteiger partial charge on any atom is 0.319 e. The fraction of sp³-hybridized carbons (Fsp3) is 0.292. The normalized spacial score (nSPS) is 18.5. The molecule has 148 valence electrons. The number of hydrogen-bond donors (Lipinski definition) is 0. The van der Waals surface area contributed by atoms with E-state index in [9.17, 15) is 9.59 Å². The van der Waals surface area contributed by atoms with Gasteiger partial charge in [0.1, 0.15) is 0 Å². The van der Waals surface area contributed by atoms with E-state index in [1.165, 1.54) is 11.1 Å². The highest BCUT2D eigenvalue weighted by Crippen LogP contribution is 2.30. The van der Waals surface area contributed by atoms with Crippen LogP contribution in [-0.4, -0.2) is 48.9 Å². The van der Waals surface area contributed by atoms with Crippen molar-refractivity contribution in [2.45, 2.75) is 19.3 Å². The average molecular weight is 388 g/mol. The molecule has 0 atom stereocenters. The number of benzene rings is 1. The van der Waals surface area contributed by atoms with Crippen LogP contribution in [0.1, 0.15) is 29.5 Å². The molecule has 4 rings (SSSR count). The van der Waals surface area contributed by atoms with E-state index < -0.39 is 0 Å². The van der Waals surface area contributed by atoms with Gasteiger partial charge in [0, 0.05) is 30.9 Å². The lowest BCUT2D eigenvalue weighted by atomic mass is 9.99. The Labute approximate surface area is 171 Å². The summed E-state index contributed by atoms with van der Waals surface area (Å²) in [6.45, 7) is 1.35. The lowest BCUT2D eigenvalue weighted by Crippen LogP contribution is -2.50. The Hall–Kier alpha value is -3.05. The summed E-state index contributed by atoms with van der Waals surface area (Å²) in [6.07, 6.45) is 9.42. The molecule has 5 nitrogen and oxygen atoms in total. The fourth-order valence-corrected chi connectivity index (χ4v) is 4.00. The van der Waals surface area contributed by atoms with Gasteiger partial charge in [-0.3, -0.25) is 4.79 Å². The van der Waals surface area contributed by atoms with Gasteiger partial charge < -0.3 is 4.90 Å². The first-order valence-electron chi connectivity index (χ1n) is 10.0. The largest absolute Gasteiger partial charge is 0.335 e. The van der Waals surface area contributed by atoms with Gasteiger partial charge in [-0.1, -0.05) is 36.4 Å². The van der Waals surface area contributed by atoms with E-state index >= 15 is 0 Å². The van der Waals surface area contributed by atoms with Crippen LogP contribution < -0.4 is 4.48 Å². The molecule has 2 aromatic rings. The first kappa shape index (κ1) is 19.3. The second kappa shape index (κ2) is 7.76. The minimum absolute atomic E-state index is 0.0115. The van der Waals surface area contributed by atoms with Crippen LogP contribution in [0.25, 0.3) is 11.6 Å². The summed E-state index contributed by atoms with van der Waals surface area (Å²) < 4.78 is 0.183. The monoisotopic (exact) mass is 388 g/mol. The molecule has 1 aromatic carbocycles. The standard InChI is InChI=1S/C24H26N3O2/c1-27(2)23(29)11-9-21-16-18(17-25-24(21)27)8-10-22(28)26-14-12-20(13-15-26)19-6-4-3-5-7-19/h3-8,10,12,16-17H,9,11,13-15H2,1-2H3/q+1. The third-order valence-electron chi connectivity index (χ3n) is 5.81. The van der Waals surface area contributed by atoms with Crippen molar-refractivity contribution in [3.8, 4) is 0 Å². The van der Waals surface area contributed by atoms with Crippen LogP contribution in [0.2, 0.25) is 0 Å². The minimum atomic E-state index is 0.0115. The van der Waals surface area contributed by atoms with Crippen LogP contribution in [0, 0.1) is 0 Å². The van der Waals surface area contributed by atoms with Gasteiger partial charge in [-0.25, -0.2) is 14.3 Å². The number of aryl methyl sites for hydroxylation is 1. The predicted molar refractivity (Wildman–Crippen MR) is 116 cm³/mol. The van der Waals surface area contributed by atoms with Gasteiger partial charge in [-0.2, -0.15) is 0 Å². The van der Waals surface area contributed by atoms with Crippen molar-refractivity contribution in [2.75, 3.05) is 27.2 Å². The maximum absolute atomic E-state index is 12.6. The first-order valence-corrected chi connectivity index (χ1v) is 10.0. The highest BCUT2D eigenvalue weighted by Gasteiger charge is 2.37. The second-order valence-electron chi connectivity index (χ2n) is 8.06. The molecule has 0 unspecified atom stereocenters. The zero-order chi connectivity index (χ0) is 20.4. The Morgan fingerprint density at radius 1 is 1.14 bits per heavy atom. The molecule has 29 heavy (non-hydrogen) atoms. The third-order valence-corrected chi connectivity index (χ3v) is 5.81. The molecule has 0 N–H and O–H groups in total. The van der Waals surface area contributed by atoms with Gasteiger partial charge in [0.15, 0.2) is 0 Å². The molecule has 3 heterocycles. The van der Waals surface area contributed by atoms with E-state index in [-0.39, 0.29) is 16.3 Å². The number of pyridine rings is 1. The highest BCUT2D eigenvalue weighted by atomic mass is 16.2. The smallest absolute Gasteiger partial charge is 0.319 e. The fourth-order valence-electron chi connectivity index (χ4n) is 4.00. The Kier molecular flexibility index (Phi) is 5.16. The van der Waals surface area contributed by atoms with Crippen LogP contribution in [-0.2, 0) is 16.0 Å². The van der Waals surface area contributed by atoms with Gasteiger partial charge in [0.25, 0.3) is 0 Å². The molecule has 5 heteroatoms. The summed E-state index contributed by atoms with van der Waals surface area (Å²) in [5.74, 6) is 0.994. The molecule has 0 radical (unpaired) electrons. The molecular formula is C24H26N3O2+. The van der Waals surface area contributed by atoms with Crippen molar-refractivity contribution < 1.29 is 9.59 Å². The molecule has 0 saturated carbocycles. The van der Waals surface area contributed by atoms with Crippen LogP contribution in [0.15, 0.2) is 54.7 Å². The average Bonchev–Trinajstić information content (AvgIpc) is 2.75. The van der Waals surface area contributed by atoms with Crippen molar-refractivity contribution in [1.29, 1.82) is 0 Å². The topological polar surface area (TPSA) is 50.3 Å². The Balaban J connectivity index is 1.43. The Bertz CT molecular complexity index is 1010. The maximum atomic E-state index is 12.6. The summed E-state index contributed by atoms with van der Waals surface area (Å²) in [5.41, 5.74) is 4.50. The molecule has 0 spiro atoms. The molecule has 1 aromatic heterocycles. The molecule has 2 aliphatic heterocycles. The molecule has 0 saturated heterocycles. The van der Waals surface area contributed by atoms with E-state index in [4.69, 9.17) is 0 Å². The van der Waals surface area contributed by atoms with Crippen LogP contribution >= 0.6 is 0 Å². The number of rotatable bonds is 3. The highest BCUT2D eigenvalue weighted by molar-refractivity contribution is 5.93. The van der Waals surface area contributed by atoms with E-state index in [1.54, 1.807) is 12.3 Å². The number of nitrogens with zero attached hydrogens (tertiary/aromatic N) is 3. The summed E-state index contributed by atoms with van der Waals surface area (Å²) in [6, 6.07) is 12.4. The molecule has 0 aliphatic carbocycles. The van der Waals surface area contributed by atoms with Gasteiger partial charge in [0.2, 0.25) is 11.7 Å². The molecule has 0 bridgehead atoms. The van der Waals surface area contributed by atoms with Gasteiger partial charge in [-0.15, -0.1) is 0 Å². The summed E-state index contributed by atoms with van der Waals surface area (Å²) in [4.78, 5) is 31.1. The van der Waals surface area contributed by atoms with E-state index in [0.717, 1.165) is 29.9 Å². The zero-order valence-corrected chi connectivity index (χ0v) is 17.0. The summed E-state index contributed by atoms with van der Waals surface area (Å²) in [5, 5.41) is 0. The number of quaternary nitrogens is 1. The molecule has 2 amide bonds. The van der Waals surface area contributed by atoms with Crippen molar-refractivity contribution >= 4 is 29.3 Å². The number of hydrogen-bond acceptors (Lipinski definition) is 3. The number of fused-ring (bicyclic) bond motifs is 1. The number of amides is 2. The lowest BCUT2D eigenvalue weighted by molar-refractivity contribution is -0.129. The minimum Gasteiger partial charge on any atom is -0.335 e. The van der Waals surface area contributed by atoms with Crippen LogP contribution in [0.5, 0.6) is 0 Å². The van der Waals surface area contributed by atoms with Crippen molar-refractivity contribution in [2.24, 2.45) is 0 Å². The number of carbonyl (C=O) groups is 2. The number of carbonyl (C=O) groups excluding carboxylic acids is 2. The van der Waals surface area contributed by atoms with Crippen molar-refractivity contribution in [3.63, 3.8) is 0 Å². The lowest BCUT2D eigenvalue weighted by Gasteiger charge is -2.30. The molecular weight excluding hydrogens is 362 g/mol. The van der Waals surface area contributed by atoms with Gasteiger partial charge in [0.05, 0.1) is 20.5 Å². The summed E-state index contributed by atoms with van der Waals surface area (Å²) >= 11 is 0. The predicted octanol–water partition coefficient (Wildman–Crippen LogP) is 3.45. The van der Waals surface area contributed by atoms with E-state index in [0.29, 0.717) is 19.4 Å². The number of aromatic nitrogens is 1. The van der Waals surface area contributed by atoms with Crippen LogP contribution in [0.3, 0.4) is 0 Å². The van der Waals surface area contributed by atoms with Crippen molar-refractivity contribution in [3.05, 3.63) is 71.4 Å². The summed E-state index contributed by atoms with van der Waals surface area (Å²) in [7, 11) is 3.75. The SMILES string of the molecule is C[N+]1(C)C(=O)CCc2cc(C=CC(=O)N3CC=C(c4ccccc4)CC3)cnc21. The Morgan fingerprint density at radius 2 is 1.93 bits per heavy atom.